The van der Waals surface area contributed by atoms with Crippen LogP contribution in [0.5, 0.6) is 0 Å². The van der Waals surface area contributed by atoms with E-state index < -0.39 is 10.0 Å². The van der Waals surface area contributed by atoms with E-state index in [0.29, 0.717) is 12.4 Å². The van der Waals surface area contributed by atoms with Crippen molar-refractivity contribution in [2.45, 2.75) is 56.0 Å². The zero-order valence-corrected chi connectivity index (χ0v) is 16.8. The smallest absolute Gasteiger partial charge is 0.242 e. The fourth-order valence-corrected chi connectivity index (χ4v) is 5.11. The van der Waals surface area contributed by atoms with Gasteiger partial charge in [-0.15, -0.1) is 0 Å². The summed E-state index contributed by atoms with van der Waals surface area (Å²) in [7, 11) is -3.50. The topological polar surface area (TPSA) is 87.2 Å². The molecule has 0 amide bonds. The largest absolute Gasteiger partial charge is 0.366 e. The Morgan fingerprint density at radius 2 is 1.82 bits per heavy atom. The molecule has 0 atom stereocenters. The lowest BCUT2D eigenvalue weighted by Gasteiger charge is -2.17. The third-order valence-electron chi connectivity index (χ3n) is 5.44. The predicted octanol–water partition coefficient (Wildman–Crippen LogP) is 2.91. The molecule has 7 nitrogen and oxygen atoms in total. The molecule has 0 bridgehead atoms. The van der Waals surface area contributed by atoms with Crippen molar-refractivity contribution < 1.29 is 8.42 Å². The van der Waals surface area contributed by atoms with E-state index in [1.165, 1.54) is 19.0 Å². The number of sulfonamides is 1. The first-order chi connectivity index (χ1) is 13.6. The van der Waals surface area contributed by atoms with Gasteiger partial charge in [0.25, 0.3) is 0 Å². The molecule has 1 saturated heterocycles. The summed E-state index contributed by atoms with van der Waals surface area (Å²) in [5, 5.41) is 3.26. The van der Waals surface area contributed by atoms with Crippen LogP contribution in [0.2, 0.25) is 0 Å². The molecule has 1 aliphatic heterocycles. The van der Waals surface area contributed by atoms with Crippen LogP contribution in [0, 0.1) is 0 Å². The van der Waals surface area contributed by atoms with Crippen molar-refractivity contribution in [2.24, 2.45) is 0 Å². The number of aromatic nitrogens is 2. The highest BCUT2D eigenvalue weighted by Gasteiger charge is 2.23. The van der Waals surface area contributed by atoms with Gasteiger partial charge >= 0.3 is 0 Å². The molecule has 1 aliphatic carbocycles. The highest BCUT2D eigenvalue weighted by Crippen LogP contribution is 2.21. The van der Waals surface area contributed by atoms with Gasteiger partial charge in [0.2, 0.25) is 10.0 Å². The number of hydrogen-bond donors (Lipinski definition) is 2. The average Bonchev–Trinajstić information content (AvgIpc) is 3.41. The fourth-order valence-electron chi connectivity index (χ4n) is 3.86. The summed E-state index contributed by atoms with van der Waals surface area (Å²) < 4.78 is 27.7. The minimum atomic E-state index is -3.50. The van der Waals surface area contributed by atoms with E-state index in [1.54, 1.807) is 12.1 Å². The second-order valence-corrected chi connectivity index (χ2v) is 9.27. The second-order valence-electron chi connectivity index (χ2n) is 7.55. The Morgan fingerprint density at radius 3 is 2.54 bits per heavy atom. The Hall–Kier alpha value is -2.19. The van der Waals surface area contributed by atoms with E-state index in [4.69, 9.17) is 0 Å². The second kappa shape index (κ2) is 8.45. The lowest BCUT2D eigenvalue weighted by molar-refractivity contribution is 0.552. The SMILES string of the molecule is O=S(=O)(NC1CCCC1)c1ccc(NCc2ccnc(N3CCCC3)c2)nc1. The third-order valence-corrected chi connectivity index (χ3v) is 6.94. The van der Waals surface area contributed by atoms with Crippen LogP contribution in [-0.2, 0) is 16.6 Å². The van der Waals surface area contributed by atoms with E-state index in [-0.39, 0.29) is 10.9 Å². The molecule has 2 N–H and O–H groups in total. The highest BCUT2D eigenvalue weighted by molar-refractivity contribution is 7.89. The minimum absolute atomic E-state index is 0.0549. The first kappa shape index (κ1) is 19.1. The molecule has 1 saturated carbocycles. The van der Waals surface area contributed by atoms with Crippen LogP contribution in [0.3, 0.4) is 0 Å². The van der Waals surface area contributed by atoms with Gasteiger partial charge < -0.3 is 10.2 Å². The van der Waals surface area contributed by atoms with Gasteiger partial charge in [-0.2, -0.15) is 0 Å². The number of nitrogens with one attached hydrogen (secondary N) is 2. The summed E-state index contributed by atoms with van der Waals surface area (Å²) in [5.74, 6) is 1.67. The first-order valence-electron chi connectivity index (χ1n) is 10.0. The summed E-state index contributed by atoms with van der Waals surface area (Å²) in [6, 6.07) is 7.46. The van der Waals surface area contributed by atoms with Crippen LogP contribution in [0.4, 0.5) is 11.6 Å². The van der Waals surface area contributed by atoms with Crippen molar-refractivity contribution in [2.75, 3.05) is 23.3 Å². The number of pyridine rings is 2. The summed E-state index contributed by atoms with van der Waals surface area (Å²) in [5.41, 5.74) is 1.12. The Kier molecular flexibility index (Phi) is 5.77. The molecule has 0 spiro atoms. The van der Waals surface area contributed by atoms with Gasteiger partial charge in [0.05, 0.1) is 0 Å². The Balaban J connectivity index is 1.36. The number of nitrogens with zero attached hydrogens (tertiary/aromatic N) is 3. The van der Waals surface area contributed by atoms with Gasteiger partial charge in [0.1, 0.15) is 16.5 Å². The summed E-state index contributed by atoms with van der Waals surface area (Å²) in [6.45, 7) is 2.75. The van der Waals surface area contributed by atoms with E-state index in [9.17, 15) is 8.42 Å². The standard InChI is InChI=1S/C20H27N5O2S/c26-28(27,24-17-5-1-2-6-17)18-7-8-19(23-15-18)22-14-16-9-10-21-20(13-16)25-11-3-4-12-25/h7-10,13,15,17,24H,1-6,11-12,14H2,(H,22,23). The van der Waals surface area contributed by atoms with Crippen molar-refractivity contribution in [3.05, 3.63) is 42.2 Å². The molecule has 0 radical (unpaired) electrons. The maximum Gasteiger partial charge on any atom is 0.242 e. The lowest BCUT2D eigenvalue weighted by Crippen LogP contribution is -2.32. The summed E-state index contributed by atoms with van der Waals surface area (Å²) in [6.07, 6.45) is 9.70. The van der Waals surface area contributed by atoms with E-state index >= 15 is 0 Å². The van der Waals surface area contributed by atoms with Gasteiger partial charge in [-0.05, 0) is 55.5 Å². The normalized spacial score (nSPS) is 17.9. The van der Waals surface area contributed by atoms with Crippen LogP contribution in [0.15, 0.2) is 41.6 Å². The van der Waals surface area contributed by atoms with Crippen molar-refractivity contribution in [1.29, 1.82) is 0 Å². The van der Waals surface area contributed by atoms with Crippen molar-refractivity contribution in [3.8, 4) is 0 Å². The van der Waals surface area contributed by atoms with Crippen LogP contribution in [0.25, 0.3) is 0 Å². The molecule has 2 fully saturated rings. The third kappa shape index (κ3) is 4.62. The molecule has 0 unspecified atom stereocenters. The number of anilines is 2. The molecule has 150 valence electrons. The number of hydrogen-bond acceptors (Lipinski definition) is 6. The first-order valence-corrected chi connectivity index (χ1v) is 11.5. The van der Waals surface area contributed by atoms with Crippen LogP contribution in [0.1, 0.15) is 44.1 Å². The van der Waals surface area contributed by atoms with Crippen LogP contribution < -0.4 is 14.9 Å². The predicted molar refractivity (Wildman–Crippen MR) is 110 cm³/mol. The van der Waals surface area contributed by atoms with Crippen molar-refractivity contribution in [1.82, 2.24) is 14.7 Å². The molecule has 0 aromatic carbocycles. The summed E-state index contributed by atoms with van der Waals surface area (Å²) >= 11 is 0. The quantitative estimate of drug-likeness (QED) is 0.742. The number of rotatable bonds is 7. The molecular formula is C20H27N5O2S. The highest BCUT2D eigenvalue weighted by atomic mass is 32.2. The lowest BCUT2D eigenvalue weighted by atomic mass is 10.2. The zero-order valence-electron chi connectivity index (χ0n) is 16.0. The zero-order chi connectivity index (χ0) is 19.4. The molecule has 2 aliphatic rings. The monoisotopic (exact) mass is 401 g/mol. The molecule has 3 heterocycles. The fraction of sp³-hybridized carbons (Fsp3) is 0.500. The van der Waals surface area contributed by atoms with Gasteiger partial charge in [0.15, 0.2) is 0 Å². The molecule has 4 rings (SSSR count). The van der Waals surface area contributed by atoms with Gasteiger partial charge in [0, 0.05) is 38.1 Å². The Bertz CT molecular complexity index is 889. The summed E-state index contributed by atoms with van der Waals surface area (Å²) in [4.78, 5) is 11.3. The van der Waals surface area contributed by atoms with Crippen LogP contribution >= 0.6 is 0 Å². The van der Waals surface area contributed by atoms with Crippen molar-refractivity contribution in [3.63, 3.8) is 0 Å². The molecule has 2 aromatic heterocycles. The van der Waals surface area contributed by atoms with Gasteiger partial charge in [-0.25, -0.2) is 23.1 Å². The maximum atomic E-state index is 12.5. The molecular weight excluding hydrogens is 374 g/mol. The maximum absolute atomic E-state index is 12.5. The van der Waals surface area contributed by atoms with Crippen molar-refractivity contribution >= 4 is 21.7 Å². The Labute approximate surface area is 166 Å². The van der Waals surface area contributed by atoms with E-state index in [2.05, 4.69) is 31.0 Å². The molecule has 28 heavy (non-hydrogen) atoms. The van der Waals surface area contributed by atoms with E-state index in [0.717, 1.165) is 50.2 Å². The Morgan fingerprint density at radius 1 is 1.04 bits per heavy atom. The van der Waals surface area contributed by atoms with Gasteiger partial charge in [-0.1, -0.05) is 12.8 Å². The molecule has 8 heteroatoms. The molecule has 2 aromatic rings. The van der Waals surface area contributed by atoms with E-state index in [1.807, 2.05) is 12.3 Å². The minimum Gasteiger partial charge on any atom is -0.366 e. The van der Waals surface area contributed by atoms with Gasteiger partial charge in [-0.3, -0.25) is 0 Å². The average molecular weight is 402 g/mol. The van der Waals surface area contributed by atoms with Crippen LogP contribution in [-0.4, -0.2) is 37.5 Å².